The number of rotatable bonds is 4. The molecule has 0 aliphatic heterocycles. The van der Waals surface area contributed by atoms with Gasteiger partial charge in [0.25, 0.3) is 0 Å². The highest BCUT2D eigenvalue weighted by molar-refractivity contribution is 7.98. The van der Waals surface area contributed by atoms with Gasteiger partial charge in [-0.2, -0.15) is 16.3 Å². The number of halogens is 2. The molecule has 3 nitrogen and oxygen atoms in total. The third-order valence-electron chi connectivity index (χ3n) is 2.51. The zero-order valence-corrected chi connectivity index (χ0v) is 13.2. The summed E-state index contributed by atoms with van der Waals surface area (Å²) in [6.45, 7) is 0. The van der Waals surface area contributed by atoms with E-state index in [1.54, 1.807) is 23.5 Å². The second-order valence-electron chi connectivity index (χ2n) is 3.86. The van der Waals surface area contributed by atoms with Crippen molar-refractivity contribution >= 4 is 46.3 Å². The molecular formula is C13H8Cl2N2OS2. The summed E-state index contributed by atoms with van der Waals surface area (Å²) < 4.78 is 5.23. The fourth-order valence-corrected chi connectivity index (χ4v) is 3.73. The minimum absolute atomic E-state index is 0.528. The number of nitrogens with zero attached hydrogens (tertiary/aromatic N) is 2. The van der Waals surface area contributed by atoms with E-state index in [1.165, 1.54) is 11.8 Å². The monoisotopic (exact) mass is 342 g/mol. The Bertz CT molecular complexity index is 693. The van der Waals surface area contributed by atoms with E-state index in [0.29, 0.717) is 27.5 Å². The molecule has 2 aromatic heterocycles. The lowest BCUT2D eigenvalue weighted by atomic mass is 10.3. The Hall–Kier alpha value is -1.01. The van der Waals surface area contributed by atoms with E-state index >= 15 is 0 Å². The molecule has 0 spiro atoms. The zero-order chi connectivity index (χ0) is 13.9. The Labute approximate surface area is 133 Å². The maximum Gasteiger partial charge on any atom is 0.237 e. The first kappa shape index (κ1) is 13.9. The summed E-state index contributed by atoms with van der Waals surface area (Å²) in [6.07, 6.45) is 0. The standard InChI is InChI=1S/C13H8Cl2N2OS2/c14-9-2-1-3-10(15)12(9)20-7-11-16-13(17-18-11)8-4-5-19-6-8/h1-6H,7H2. The summed E-state index contributed by atoms with van der Waals surface area (Å²) in [5.74, 6) is 1.68. The number of hydrogen-bond acceptors (Lipinski definition) is 5. The highest BCUT2D eigenvalue weighted by atomic mass is 35.5. The number of hydrogen-bond donors (Lipinski definition) is 0. The predicted octanol–water partition coefficient (Wildman–Crippen LogP) is 5.40. The topological polar surface area (TPSA) is 38.9 Å². The van der Waals surface area contributed by atoms with Gasteiger partial charge in [0.1, 0.15) is 0 Å². The second kappa shape index (κ2) is 6.18. The summed E-state index contributed by atoms with van der Waals surface area (Å²) in [4.78, 5) is 5.17. The maximum atomic E-state index is 6.11. The lowest BCUT2D eigenvalue weighted by Crippen LogP contribution is -1.83. The van der Waals surface area contributed by atoms with Crippen LogP contribution >= 0.6 is 46.3 Å². The Morgan fingerprint density at radius 3 is 2.70 bits per heavy atom. The first-order chi connectivity index (χ1) is 9.74. The molecule has 102 valence electrons. The van der Waals surface area contributed by atoms with Crippen molar-refractivity contribution in [1.82, 2.24) is 10.1 Å². The number of thiophene rings is 1. The Morgan fingerprint density at radius 1 is 1.20 bits per heavy atom. The molecule has 1 aromatic carbocycles. The molecule has 0 fully saturated rings. The maximum absolute atomic E-state index is 6.11. The molecule has 0 aliphatic carbocycles. The highest BCUT2D eigenvalue weighted by Gasteiger charge is 2.12. The molecule has 0 saturated heterocycles. The molecular weight excluding hydrogens is 335 g/mol. The molecule has 3 rings (SSSR count). The Balaban J connectivity index is 1.73. The van der Waals surface area contributed by atoms with E-state index in [2.05, 4.69) is 10.1 Å². The fraction of sp³-hybridized carbons (Fsp3) is 0.0769. The number of aromatic nitrogens is 2. The number of benzene rings is 1. The van der Waals surface area contributed by atoms with Crippen LogP contribution in [-0.2, 0) is 5.75 Å². The molecule has 0 bridgehead atoms. The van der Waals surface area contributed by atoms with Crippen molar-refractivity contribution in [2.75, 3.05) is 0 Å². The second-order valence-corrected chi connectivity index (χ2v) is 6.44. The molecule has 0 amide bonds. The quantitative estimate of drug-likeness (QED) is 0.595. The van der Waals surface area contributed by atoms with Crippen molar-refractivity contribution in [2.45, 2.75) is 10.6 Å². The van der Waals surface area contributed by atoms with Crippen LogP contribution in [0.15, 0.2) is 44.4 Å². The van der Waals surface area contributed by atoms with Gasteiger partial charge in [-0.15, -0.1) is 11.8 Å². The van der Waals surface area contributed by atoms with Gasteiger partial charge in [0.05, 0.1) is 15.8 Å². The van der Waals surface area contributed by atoms with E-state index in [9.17, 15) is 0 Å². The van der Waals surface area contributed by atoms with Crippen molar-refractivity contribution in [3.63, 3.8) is 0 Å². The van der Waals surface area contributed by atoms with Gasteiger partial charge < -0.3 is 4.52 Å². The highest BCUT2D eigenvalue weighted by Crippen LogP contribution is 2.35. The lowest BCUT2D eigenvalue weighted by molar-refractivity contribution is 0.391. The third kappa shape index (κ3) is 3.01. The molecule has 2 heterocycles. The van der Waals surface area contributed by atoms with E-state index in [0.717, 1.165) is 10.5 Å². The Morgan fingerprint density at radius 2 is 2.00 bits per heavy atom. The zero-order valence-electron chi connectivity index (χ0n) is 10.0. The van der Waals surface area contributed by atoms with Crippen LogP contribution in [0.1, 0.15) is 5.89 Å². The molecule has 0 atom stereocenters. The van der Waals surface area contributed by atoms with Gasteiger partial charge in [-0.05, 0) is 23.6 Å². The molecule has 0 saturated carbocycles. The summed E-state index contributed by atoms with van der Waals surface area (Å²) in [6, 6.07) is 7.38. The molecule has 0 N–H and O–H groups in total. The van der Waals surface area contributed by atoms with Crippen LogP contribution in [0.4, 0.5) is 0 Å². The van der Waals surface area contributed by atoms with Crippen LogP contribution in [0.25, 0.3) is 11.4 Å². The average Bonchev–Trinajstić information content (AvgIpc) is 3.09. The third-order valence-corrected chi connectivity index (χ3v) is 5.16. The van der Waals surface area contributed by atoms with Crippen molar-refractivity contribution in [3.8, 4) is 11.4 Å². The molecule has 0 aliphatic rings. The first-order valence-corrected chi connectivity index (χ1v) is 8.34. The summed E-state index contributed by atoms with van der Waals surface area (Å²) in [5, 5.41) is 9.16. The summed E-state index contributed by atoms with van der Waals surface area (Å²) >= 11 is 15.3. The number of thioether (sulfide) groups is 1. The first-order valence-electron chi connectivity index (χ1n) is 5.66. The van der Waals surface area contributed by atoms with Crippen molar-refractivity contribution in [1.29, 1.82) is 0 Å². The van der Waals surface area contributed by atoms with Crippen LogP contribution in [0, 0.1) is 0 Å². The van der Waals surface area contributed by atoms with Crippen LogP contribution < -0.4 is 0 Å². The SMILES string of the molecule is Clc1cccc(Cl)c1SCc1nc(-c2ccsc2)no1. The van der Waals surface area contributed by atoms with Gasteiger partial charge in [-0.3, -0.25) is 0 Å². The largest absolute Gasteiger partial charge is 0.338 e. The Kier molecular flexibility index (Phi) is 4.31. The molecule has 0 radical (unpaired) electrons. The van der Waals surface area contributed by atoms with Crippen LogP contribution in [-0.4, -0.2) is 10.1 Å². The predicted molar refractivity (Wildman–Crippen MR) is 83.6 cm³/mol. The van der Waals surface area contributed by atoms with Crippen molar-refractivity contribution < 1.29 is 4.52 Å². The van der Waals surface area contributed by atoms with E-state index in [1.807, 2.05) is 22.9 Å². The van der Waals surface area contributed by atoms with Crippen molar-refractivity contribution in [2.24, 2.45) is 0 Å². The van der Waals surface area contributed by atoms with Crippen LogP contribution in [0.3, 0.4) is 0 Å². The van der Waals surface area contributed by atoms with Gasteiger partial charge >= 0.3 is 0 Å². The van der Waals surface area contributed by atoms with E-state index in [4.69, 9.17) is 27.7 Å². The summed E-state index contributed by atoms with van der Waals surface area (Å²) in [5.41, 5.74) is 0.964. The van der Waals surface area contributed by atoms with Gasteiger partial charge in [-0.1, -0.05) is 34.4 Å². The molecule has 0 unspecified atom stereocenters. The van der Waals surface area contributed by atoms with Crippen LogP contribution in [0.2, 0.25) is 10.0 Å². The average molecular weight is 343 g/mol. The molecule has 3 aromatic rings. The molecule has 7 heteroatoms. The van der Waals surface area contributed by atoms with Gasteiger partial charge in [0, 0.05) is 15.8 Å². The molecule has 20 heavy (non-hydrogen) atoms. The van der Waals surface area contributed by atoms with Gasteiger partial charge in [0.15, 0.2) is 0 Å². The normalized spacial score (nSPS) is 10.9. The van der Waals surface area contributed by atoms with Gasteiger partial charge in [-0.25, -0.2) is 0 Å². The van der Waals surface area contributed by atoms with Crippen molar-refractivity contribution in [3.05, 3.63) is 51.0 Å². The minimum atomic E-state index is 0.528. The minimum Gasteiger partial charge on any atom is -0.338 e. The lowest BCUT2D eigenvalue weighted by Gasteiger charge is -2.03. The van der Waals surface area contributed by atoms with E-state index in [-0.39, 0.29) is 0 Å². The smallest absolute Gasteiger partial charge is 0.237 e. The van der Waals surface area contributed by atoms with Gasteiger partial charge in [0.2, 0.25) is 11.7 Å². The van der Waals surface area contributed by atoms with E-state index < -0.39 is 0 Å². The fourth-order valence-electron chi connectivity index (χ4n) is 1.58. The summed E-state index contributed by atoms with van der Waals surface area (Å²) in [7, 11) is 0. The van der Waals surface area contributed by atoms with Crippen LogP contribution in [0.5, 0.6) is 0 Å².